The summed E-state index contributed by atoms with van der Waals surface area (Å²) >= 11 is 0. The van der Waals surface area contributed by atoms with Crippen molar-refractivity contribution in [1.82, 2.24) is 0 Å². The zero-order valence-electron chi connectivity index (χ0n) is 15.5. The van der Waals surface area contributed by atoms with Crippen molar-refractivity contribution in [1.29, 1.82) is 0 Å². The number of hydrogen-bond donors (Lipinski definition) is 3. The molecule has 8 heteroatoms. The van der Waals surface area contributed by atoms with Crippen LogP contribution < -0.4 is 14.2 Å². The highest BCUT2D eigenvalue weighted by molar-refractivity contribution is 6.00. The predicted molar refractivity (Wildman–Crippen MR) is 95.8 cm³/mol. The van der Waals surface area contributed by atoms with Crippen LogP contribution in [-0.2, 0) is 0 Å². The molecule has 2 rings (SSSR count). The van der Waals surface area contributed by atoms with E-state index in [0.29, 0.717) is 11.3 Å². The van der Waals surface area contributed by atoms with Gasteiger partial charge in [-0.1, -0.05) is 0 Å². The Morgan fingerprint density at radius 3 is 1.96 bits per heavy atom. The molecule has 0 heterocycles. The van der Waals surface area contributed by atoms with Gasteiger partial charge in [0.05, 0.1) is 14.2 Å². The molecule has 2 aromatic carbocycles. The number of methoxy groups -OCH3 is 2. The smallest absolute Gasteiger partial charge is 0.343 e. The van der Waals surface area contributed by atoms with Gasteiger partial charge in [-0.25, -0.2) is 4.79 Å². The molecule has 0 aliphatic rings. The van der Waals surface area contributed by atoms with Crippen LogP contribution in [-0.4, -0.2) is 41.3 Å². The Kier molecular flexibility index (Phi) is 5.49. The highest BCUT2D eigenvalue weighted by Crippen LogP contribution is 2.44. The fraction of sp³-hybridized carbons (Fsp3) is 0.263. The number of aromatic carboxylic acids is 1. The molecule has 2 aromatic rings. The van der Waals surface area contributed by atoms with E-state index in [4.69, 9.17) is 14.2 Å². The predicted octanol–water partition coefficient (Wildman–Crippen LogP) is 3.42. The van der Waals surface area contributed by atoms with Gasteiger partial charge < -0.3 is 29.5 Å². The monoisotopic (exact) mass is 376 g/mol. The Balaban J connectivity index is 2.74. The summed E-state index contributed by atoms with van der Waals surface area (Å²) in [5, 5.41) is 29.9. The maximum absolute atomic E-state index is 11.8. The maximum Gasteiger partial charge on any atom is 0.343 e. The zero-order valence-corrected chi connectivity index (χ0v) is 15.5. The molecular weight excluding hydrogens is 356 g/mol. The van der Waals surface area contributed by atoms with E-state index in [1.165, 1.54) is 34.1 Å². The number of aromatic hydroxyl groups is 2. The normalized spacial score (nSPS) is 10.4. The Hall–Kier alpha value is -3.42. The maximum atomic E-state index is 11.8. The highest BCUT2D eigenvalue weighted by atomic mass is 16.5. The van der Waals surface area contributed by atoms with Crippen molar-refractivity contribution in [2.24, 2.45) is 0 Å². The number of ether oxygens (including phenoxy) is 3. The van der Waals surface area contributed by atoms with Crippen molar-refractivity contribution >= 4 is 11.8 Å². The Labute approximate surface area is 155 Å². The van der Waals surface area contributed by atoms with Gasteiger partial charge in [0.1, 0.15) is 39.9 Å². The second-order valence-corrected chi connectivity index (χ2v) is 5.82. The number of carbonyl (C=O) groups is 2. The number of carboxylic acid groups (broad SMARTS) is 1. The number of carbonyl (C=O) groups excluding carboxylic acids is 1. The van der Waals surface area contributed by atoms with E-state index in [-0.39, 0.29) is 33.9 Å². The van der Waals surface area contributed by atoms with Crippen LogP contribution in [0.3, 0.4) is 0 Å². The van der Waals surface area contributed by atoms with Crippen LogP contribution in [0.1, 0.15) is 38.8 Å². The van der Waals surface area contributed by atoms with Gasteiger partial charge in [0.2, 0.25) is 0 Å². The van der Waals surface area contributed by atoms with Crippen molar-refractivity contribution in [3.8, 4) is 34.5 Å². The van der Waals surface area contributed by atoms with Crippen molar-refractivity contribution in [3.05, 3.63) is 34.4 Å². The van der Waals surface area contributed by atoms with Gasteiger partial charge in [-0.15, -0.1) is 0 Å². The summed E-state index contributed by atoms with van der Waals surface area (Å²) in [7, 11) is 2.72. The van der Waals surface area contributed by atoms with Gasteiger partial charge in [0, 0.05) is 23.3 Å². The second kappa shape index (κ2) is 7.45. The molecule has 8 nitrogen and oxygen atoms in total. The molecular formula is C19H20O8. The van der Waals surface area contributed by atoms with Crippen LogP contribution in [0.5, 0.6) is 34.5 Å². The van der Waals surface area contributed by atoms with Crippen LogP contribution in [0.4, 0.5) is 0 Å². The zero-order chi connectivity index (χ0) is 20.5. The minimum atomic E-state index is -1.29. The number of carboxylic acids is 1. The van der Waals surface area contributed by atoms with Crippen molar-refractivity contribution < 1.29 is 39.1 Å². The highest BCUT2D eigenvalue weighted by Gasteiger charge is 2.26. The molecule has 0 amide bonds. The average molecular weight is 376 g/mol. The van der Waals surface area contributed by atoms with Crippen LogP contribution in [0.15, 0.2) is 12.1 Å². The second-order valence-electron chi connectivity index (χ2n) is 5.82. The molecule has 27 heavy (non-hydrogen) atoms. The fourth-order valence-electron chi connectivity index (χ4n) is 2.71. The molecule has 0 aliphatic carbocycles. The summed E-state index contributed by atoms with van der Waals surface area (Å²) in [5.74, 6) is -2.48. The SMILES string of the molecule is COc1cc(OC)c(C(=O)O)c(Oc2cc(O)c(C(C)=O)c(O)c2C)c1C. The van der Waals surface area contributed by atoms with Crippen LogP contribution >= 0.6 is 0 Å². The average Bonchev–Trinajstić information content (AvgIpc) is 2.59. The first-order chi connectivity index (χ1) is 12.6. The molecule has 144 valence electrons. The summed E-state index contributed by atoms with van der Waals surface area (Å²) in [6.45, 7) is 4.27. The van der Waals surface area contributed by atoms with Gasteiger partial charge in [0.25, 0.3) is 0 Å². The summed E-state index contributed by atoms with van der Waals surface area (Å²) in [6, 6.07) is 2.56. The first kappa shape index (κ1) is 19.9. The minimum absolute atomic E-state index is 0.0177. The molecule has 0 aromatic heterocycles. The lowest BCUT2D eigenvalue weighted by Gasteiger charge is -2.19. The Morgan fingerprint density at radius 2 is 1.48 bits per heavy atom. The van der Waals surface area contributed by atoms with Gasteiger partial charge in [-0.2, -0.15) is 0 Å². The van der Waals surface area contributed by atoms with Gasteiger partial charge in [0.15, 0.2) is 11.5 Å². The first-order valence-corrected chi connectivity index (χ1v) is 7.87. The number of rotatable bonds is 6. The van der Waals surface area contributed by atoms with E-state index < -0.39 is 23.3 Å². The van der Waals surface area contributed by atoms with E-state index in [2.05, 4.69) is 0 Å². The summed E-state index contributed by atoms with van der Waals surface area (Å²) in [4.78, 5) is 23.4. The minimum Gasteiger partial charge on any atom is -0.507 e. The van der Waals surface area contributed by atoms with Gasteiger partial charge >= 0.3 is 5.97 Å². The molecule has 0 bridgehead atoms. The topological polar surface area (TPSA) is 123 Å². The Bertz CT molecular complexity index is 930. The standard InChI is InChI=1S/C19H20O8/c1-8-13(6-11(21)15(10(3)20)17(8)22)27-18-9(2)12(25-4)7-14(26-5)16(18)19(23)24/h6-7,21-22H,1-5H3,(H,23,24). The number of Topliss-reactive ketones (excluding diaryl/α,β-unsaturated/α-hetero) is 1. The number of phenols is 2. The Morgan fingerprint density at radius 1 is 0.889 bits per heavy atom. The van der Waals surface area contributed by atoms with Crippen molar-refractivity contribution in [3.63, 3.8) is 0 Å². The largest absolute Gasteiger partial charge is 0.507 e. The summed E-state index contributed by atoms with van der Waals surface area (Å²) in [5.41, 5.74) is 0.0586. The molecule has 0 unspecified atom stereocenters. The lowest BCUT2D eigenvalue weighted by atomic mass is 10.0. The summed E-state index contributed by atoms with van der Waals surface area (Å²) < 4.78 is 16.1. The van der Waals surface area contributed by atoms with Crippen molar-refractivity contribution in [2.75, 3.05) is 14.2 Å². The van der Waals surface area contributed by atoms with Crippen LogP contribution in [0, 0.1) is 13.8 Å². The molecule has 0 radical (unpaired) electrons. The third kappa shape index (κ3) is 3.46. The molecule has 0 spiro atoms. The number of phenolic OH excluding ortho intramolecular Hbond substituents is 2. The molecule has 0 fully saturated rings. The van der Waals surface area contributed by atoms with E-state index in [0.717, 1.165) is 6.07 Å². The lowest BCUT2D eigenvalue weighted by Crippen LogP contribution is -2.07. The van der Waals surface area contributed by atoms with Gasteiger partial charge in [-0.3, -0.25) is 4.79 Å². The lowest BCUT2D eigenvalue weighted by molar-refractivity contribution is 0.0690. The quantitative estimate of drug-likeness (QED) is 0.656. The number of ketones is 1. The van der Waals surface area contributed by atoms with Crippen LogP contribution in [0.25, 0.3) is 0 Å². The third-order valence-electron chi connectivity index (χ3n) is 4.15. The van der Waals surface area contributed by atoms with Crippen molar-refractivity contribution in [2.45, 2.75) is 20.8 Å². The molecule has 3 N–H and O–H groups in total. The molecule has 0 atom stereocenters. The first-order valence-electron chi connectivity index (χ1n) is 7.87. The van der Waals surface area contributed by atoms with E-state index in [1.54, 1.807) is 6.92 Å². The van der Waals surface area contributed by atoms with Crippen LogP contribution in [0.2, 0.25) is 0 Å². The number of benzene rings is 2. The molecule has 0 saturated carbocycles. The molecule has 0 saturated heterocycles. The fourth-order valence-corrected chi connectivity index (χ4v) is 2.71. The van der Waals surface area contributed by atoms with E-state index in [1.807, 2.05) is 0 Å². The summed E-state index contributed by atoms with van der Waals surface area (Å²) in [6.07, 6.45) is 0. The molecule has 0 aliphatic heterocycles. The third-order valence-corrected chi connectivity index (χ3v) is 4.15. The number of hydrogen-bond acceptors (Lipinski definition) is 7. The van der Waals surface area contributed by atoms with Gasteiger partial charge in [-0.05, 0) is 20.8 Å². The van der Waals surface area contributed by atoms with E-state index >= 15 is 0 Å². The van der Waals surface area contributed by atoms with E-state index in [9.17, 15) is 24.9 Å².